The first kappa shape index (κ1) is 24.5. The minimum absolute atomic E-state index is 0.0562. The highest BCUT2D eigenvalue weighted by molar-refractivity contribution is 6.30. The Bertz CT molecular complexity index is 1210. The molecular formula is C29H31ClN4O2. The zero-order valence-corrected chi connectivity index (χ0v) is 20.9. The molecule has 0 bridgehead atoms. The quantitative estimate of drug-likeness (QED) is 0.348. The summed E-state index contributed by atoms with van der Waals surface area (Å²) in [5.41, 5.74) is 9.39. The van der Waals surface area contributed by atoms with E-state index in [1.807, 2.05) is 48.5 Å². The first-order valence-electron chi connectivity index (χ1n) is 12.6. The van der Waals surface area contributed by atoms with E-state index in [0.717, 1.165) is 30.4 Å². The van der Waals surface area contributed by atoms with Gasteiger partial charge in [0, 0.05) is 16.2 Å². The van der Waals surface area contributed by atoms with E-state index < -0.39 is 12.1 Å². The highest BCUT2D eigenvalue weighted by Gasteiger charge is 2.41. The fraction of sp³-hybridized carbons (Fsp3) is 0.310. The van der Waals surface area contributed by atoms with E-state index in [-0.39, 0.29) is 17.4 Å². The molecule has 1 fully saturated rings. The number of carbonyl (C=O) groups excluding carboxylic acids is 2. The fourth-order valence-electron chi connectivity index (χ4n) is 5.44. The van der Waals surface area contributed by atoms with Crippen molar-refractivity contribution in [3.63, 3.8) is 0 Å². The number of hydrogen-bond acceptors (Lipinski definition) is 4. The van der Waals surface area contributed by atoms with Crippen molar-refractivity contribution >= 4 is 29.1 Å². The molecule has 0 unspecified atom stereocenters. The topological polar surface area (TPSA) is 82.3 Å². The van der Waals surface area contributed by atoms with Gasteiger partial charge in [-0.15, -0.1) is 0 Å². The Morgan fingerprint density at radius 1 is 0.889 bits per heavy atom. The number of anilines is 1. The first-order valence-corrected chi connectivity index (χ1v) is 12.9. The van der Waals surface area contributed by atoms with Crippen LogP contribution >= 0.6 is 11.6 Å². The van der Waals surface area contributed by atoms with Crippen molar-refractivity contribution in [2.45, 2.75) is 56.1 Å². The highest BCUT2D eigenvalue weighted by atomic mass is 35.5. The van der Waals surface area contributed by atoms with Crippen LogP contribution in [0.5, 0.6) is 0 Å². The van der Waals surface area contributed by atoms with Crippen LogP contribution in [0.25, 0.3) is 0 Å². The fourth-order valence-corrected chi connectivity index (χ4v) is 5.57. The predicted molar refractivity (Wildman–Crippen MR) is 142 cm³/mol. The zero-order valence-electron chi connectivity index (χ0n) is 20.1. The molecule has 1 aliphatic heterocycles. The molecule has 3 aromatic rings. The second-order valence-corrected chi connectivity index (χ2v) is 10.2. The molecule has 36 heavy (non-hydrogen) atoms. The van der Waals surface area contributed by atoms with Crippen molar-refractivity contribution in [2.75, 3.05) is 5.32 Å². The van der Waals surface area contributed by atoms with Crippen molar-refractivity contribution in [1.29, 1.82) is 0 Å². The van der Waals surface area contributed by atoms with Gasteiger partial charge in [0.2, 0.25) is 5.91 Å². The minimum Gasteiger partial charge on any atom is -0.324 e. The van der Waals surface area contributed by atoms with Crippen molar-refractivity contribution in [1.82, 2.24) is 16.2 Å². The van der Waals surface area contributed by atoms with Gasteiger partial charge in [-0.3, -0.25) is 20.3 Å². The first-order chi connectivity index (χ1) is 17.5. The summed E-state index contributed by atoms with van der Waals surface area (Å²) in [4.78, 5) is 26.8. The van der Waals surface area contributed by atoms with Gasteiger partial charge in [-0.1, -0.05) is 85.5 Å². The van der Waals surface area contributed by atoms with Gasteiger partial charge < -0.3 is 5.32 Å². The van der Waals surface area contributed by atoms with Crippen LogP contribution in [0.3, 0.4) is 0 Å². The number of carbonyl (C=O) groups is 2. The van der Waals surface area contributed by atoms with E-state index in [4.69, 9.17) is 11.6 Å². The van der Waals surface area contributed by atoms with Crippen molar-refractivity contribution in [2.24, 2.45) is 0 Å². The lowest BCUT2D eigenvalue weighted by Crippen LogP contribution is -2.58. The van der Waals surface area contributed by atoms with Crippen molar-refractivity contribution in [3.05, 3.63) is 101 Å². The largest absolute Gasteiger partial charge is 0.324 e. The molecule has 1 spiro atoms. The highest BCUT2D eigenvalue weighted by Crippen LogP contribution is 2.39. The molecule has 5 rings (SSSR count). The molecule has 6 nitrogen and oxygen atoms in total. The normalized spacial score (nSPS) is 19.2. The van der Waals surface area contributed by atoms with Gasteiger partial charge >= 0.3 is 0 Å². The number of hydrazine groups is 1. The Balaban J connectivity index is 1.34. The molecule has 4 N–H and O–H groups in total. The number of amides is 2. The minimum atomic E-state index is -0.784. The number of nitrogens with one attached hydrogen (secondary N) is 4. The van der Waals surface area contributed by atoms with E-state index >= 15 is 0 Å². The van der Waals surface area contributed by atoms with E-state index in [0.29, 0.717) is 10.7 Å². The van der Waals surface area contributed by atoms with Gasteiger partial charge in [0.05, 0.1) is 0 Å². The maximum Gasteiger partial charge on any atom is 0.255 e. The number of halogens is 1. The third-order valence-corrected chi connectivity index (χ3v) is 7.52. The molecule has 186 valence electrons. The maximum absolute atomic E-state index is 13.6. The van der Waals surface area contributed by atoms with Crippen LogP contribution < -0.4 is 21.5 Å². The third kappa shape index (κ3) is 5.46. The van der Waals surface area contributed by atoms with E-state index in [1.165, 1.54) is 24.8 Å². The molecule has 0 radical (unpaired) electrons. The van der Waals surface area contributed by atoms with Crippen LogP contribution in [-0.2, 0) is 16.0 Å². The molecular weight excluding hydrogens is 472 g/mol. The molecule has 0 saturated heterocycles. The summed E-state index contributed by atoms with van der Waals surface area (Å²) in [6.07, 6.45) is 6.65. The average molecular weight is 503 g/mol. The smallest absolute Gasteiger partial charge is 0.255 e. The van der Waals surface area contributed by atoms with Gasteiger partial charge in [-0.25, -0.2) is 5.43 Å². The molecule has 1 saturated carbocycles. The van der Waals surface area contributed by atoms with Crippen LogP contribution in [0.4, 0.5) is 5.69 Å². The van der Waals surface area contributed by atoms with Gasteiger partial charge in [0.15, 0.2) is 0 Å². The van der Waals surface area contributed by atoms with Crippen LogP contribution in [0.15, 0.2) is 78.9 Å². The third-order valence-electron chi connectivity index (χ3n) is 7.26. The maximum atomic E-state index is 13.6. The number of fused-ring (bicyclic) bond motifs is 1. The van der Waals surface area contributed by atoms with E-state index in [1.54, 1.807) is 24.3 Å². The summed E-state index contributed by atoms with van der Waals surface area (Å²) in [7, 11) is 0. The number of benzene rings is 3. The Hall–Kier alpha value is -3.19. The van der Waals surface area contributed by atoms with E-state index in [9.17, 15) is 9.59 Å². The molecule has 7 heteroatoms. The zero-order chi connectivity index (χ0) is 25.0. The molecule has 0 aromatic heterocycles. The molecule has 1 aliphatic carbocycles. The second kappa shape index (κ2) is 10.8. The average Bonchev–Trinajstić information content (AvgIpc) is 2.90. The van der Waals surface area contributed by atoms with Crippen molar-refractivity contribution < 1.29 is 9.59 Å². The Kier molecular flexibility index (Phi) is 7.37. The molecule has 2 atom stereocenters. The summed E-state index contributed by atoms with van der Waals surface area (Å²) in [5.74, 6) is -0.489. The Labute approximate surface area is 216 Å². The lowest BCUT2D eigenvalue weighted by molar-refractivity contribution is -0.126. The lowest BCUT2D eigenvalue weighted by atomic mass is 9.73. The summed E-state index contributed by atoms with van der Waals surface area (Å²) in [6, 6.07) is 23.2. The standard InChI is InChI=1S/C29H31ClN4O2/c30-22-13-15-23(16-14-22)31-27(35)25(20-9-3-1-4-10-20)33-34-28(36)26-24-12-6-5-11-21(24)19-29(32-26)17-7-2-8-18-29/h1,3-6,9-16,25-26,32-33H,2,7-8,17-19H2,(H,31,35)(H,34,36)/t25-,26-/m1/s1. The van der Waals surface area contributed by atoms with Gasteiger partial charge in [0.25, 0.3) is 5.91 Å². The van der Waals surface area contributed by atoms with Crippen LogP contribution in [0, 0.1) is 0 Å². The molecule has 2 aliphatic rings. The van der Waals surface area contributed by atoms with Gasteiger partial charge in [-0.05, 0) is 60.2 Å². The van der Waals surface area contributed by atoms with Crippen molar-refractivity contribution in [3.8, 4) is 0 Å². The monoisotopic (exact) mass is 502 g/mol. The summed E-state index contributed by atoms with van der Waals surface area (Å²) >= 11 is 5.98. The number of rotatable bonds is 6. The molecule has 3 aromatic carbocycles. The predicted octanol–water partition coefficient (Wildman–Crippen LogP) is 5.23. The summed E-state index contributed by atoms with van der Waals surface area (Å²) < 4.78 is 0. The van der Waals surface area contributed by atoms with E-state index in [2.05, 4.69) is 27.6 Å². The van der Waals surface area contributed by atoms with Crippen LogP contribution in [-0.4, -0.2) is 17.4 Å². The van der Waals surface area contributed by atoms with Crippen LogP contribution in [0.1, 0.15) is 60.9 Å². The summed E-state index contributed by atoms with van der Waals surface area (Å²) in [6.45, 7) is 0. The number of hydrogen-bond donors (Lipinski definition) is 4. The second-order valence-electron chi connectivity index (χ2n) is 9.77. The molecule has 1 heterocycles. The Morgan fingerprint density at radius 3 is 2.33 bits per heavy atom. The van der Waals surface area contributed by atoms with Gasteiger partial charge in [0.1, 0.15) is 12.1 Å². The Morgan fingerprint density at radius 2 is 1.58 bits per heavy atom. The lowest BCUT2D eigenvalue weighted by Gasteiger charge is -2.45. The van der Waals surface area contributed by atoms with Gasteiger partial charge in [-0.2, -0.15) is 0 Å². The SMILES string of the molecule is O=C(Nc1ccc(Cl)cc1)[C@H](NNC(=O)[C@@H]1NC2(CCCCC2)Cc2ccccc21)c1ccccc1. The molecule has 2 amide bonds. The van der Waals surface area contributed by atoms with Crippen LogP contribution in [0.2, 0.25) is 5.02 Å². The summed E-state index contributed by atoms with van der Waals surface area (Å²) in [5, 5.41) is 7.20.